The number of carbonyl (C=O) groups is 1. The Balaban J connectivity index is 1.62. The Hall–Kier alpha value is -2.19. The summed E-state index contributed by atoms with van der Waals surface area (Å²) in [4.78, 5) is 16.3. The number of aromatic nitrogens is 5. The van der Waals surface area contributed by atoms with Crippen LogP contribution in [-0.2, 0) is 17.9 Å². The van der Waals surface area contributed by atoms with Crippen LogP contribution in [-0.4, -0.2) is 30.5 Å². The molecule has 0 atom stereocenters. The van der Waals surface area contributed by atoms with Crippen molar-refractivity contribution >= 4 is 39.4 Å². The van der Waals surface area contributed by atoms with Gasteiger partial charge >= 0.3 is 0 Å². The maximum Gasteiger partial charge on any atom is 0.248 e. The second-order valence-electron chi connectivity index (χ2n) is 5.59. The van der Waals surface area contributed by atoms with Crippen molar-refractivity contribution in [2.75, 3.05) is 5.32 Å². The monoisotopic (exact) mass is 422 g/mol. The first-order valence-electron chi connectivity index (χ1n) is 7.55. The molecule has 0 saturated carbocycles. The zero-order chi connectivity index (χ0) is 18.0. The summed E-state index contributed by atoms with van der Waals surface area (Å²) in [5.74, 6) is 0.0197. The zero-order valence-corrected chi connectivity index (χ0v) is 16.0. The third kappa shape index (κ3) is 4.26. The molecule has 2 heterocycles. The maximum atomic E-state index is 12.2. The van der Waals surface area contributed by atoms with Gasteiger partial charge in [0.1, 0.15) is 12.9 Å². The van der Waals surface area contributed by atoms with E-state index in [4.69, 9.17) is 11.6 Å². The number of nitrogens with zero attached hydrogens (tertiary/aromatic N) is 5. The van der Waals surface area contributed by atoms with E-state index >= 15 is 0 Å². The highest BCUT2D eigenvalue weighted by Gasteiger charge is 2.13. The molecule has 130 valence electrons. The number of rotatable bonds is 5. The minimum absolute atomic E-state index is 0.0983. The number of nitrogens with one attached hydrogen (secondary N) is 1. The van der Waals surface area contributed by atoms with Gasteiger partial charge in [-0.05, 0) is 47.5 Å². The summed E-state index contributed by atoms with van der Waals surface area (Å²) in [7, 11) is 0. The van der Waals surface area contributed by atoms with E-state index in [1.54, 1.807) is 15.7 Å². The summed E-state index contributed by atoms with van der Waals surface area (Å²) in [6, 6.07) is 7.51. The third-order valence-electron chi connectivity index (χ3n) is 3.61. The van der Waals surface area contributed by atoms with Gasteiger partial charge in [-0.1, -0.05) is 23.7 Å². The smallest absolute Gasteiger partial charge is 0.248 e. The number of aryl methyl sites for hydroxylation is 1. The van der Waals surface area contributed by atoms with E-state index in [2.05, 4.69) is 36.4 Å². The summed E-state index contributed by atoms with van der Waals surface area (Å²) in [6.07, 6.45) is 1.57. The van der Waals surface area contributed by atoms with E-state index in [0.29, 0.717) is 11.6 Å². The number of anilines is 1. The first-order valence-corrected chi connectivity index (χ1v) is 8.72. The number of carbonyl (C=O) groups excluding carboxylic acids is 1. The predicted molar refractivity (Wildman–Crippen MR) is 98.6 cm³/mol. The van der Waals surface area contributed by atoms with Gasteiger partial charge in [-0.3, -0.25) is 14.8 Å². The van der Waals surface area contributed by atoms with Gasteiger partial charge in [-0.25, -0.2) is 9.67 Å². The molecule has 2 aromatic heterocycles. The lowest BCUT2D eigenvalue weighted by molar-refractivity contribution is -0.117. The van der Waals surface area contributed by atoms with Crippen molar-refractivity contribution in [1.29, 1.82) is 0 Å². The molecule has 0 aliphatic carbocycles. The molecule has 0 aliphatic heterocycles. The lowest BCUT2D eigenvalue weighted by Crippen LogP contribution is -2.21. The van der Waals surface area contributed by atoms with Gasteiger partial charge in [-0.2, -0.15) is 5.10 Å². The molecule has 0 bridgehead atoms. The Bertz CT molecular complexity index is 919. The maximum absolute atomic E-state index is 12.2. The molecule has 1 amide bonds. The van der Waals surface area contributed by atoms with Gasteiger partial charge in [0.15, 0.2) is 0 Å². The molecule has 25 heavy (non-hydrogen) atoms. The van der Waals surface area contributed by atoms with E-state index in [9.17, 15) is 4.79 Å². The van der Waals surface area contributed by atoms with Crippen LogP contribution in [0.2, 0.25) is 5.02 Å². The highest BCUT2D eigenvalue weighted by atomic mass is 79.9. The van der Waals surface area contributed by atoms with Crippen molar-refractivity contribution in [2.45, 2.75) is 26.9 Å². The Morgan fingerprint density at radius 2 is 2.12 bits per heavy atom. The Kier molecular flexibility index (Phi) is 5.19. The molecule has 0 radical (unpaired) electrons. The van der Waals surface area contributed by atoms with Crippen LogP contribution >= 0.6 is 27.5 Å². The molecule has 1 N–H and O–H groups in total. The molecule has 3 rings (SSSR count). The molecule has 9 heteroatoms. The largest absolute Gasteiger partial charge is 0.292 e. The SMILES string of the molecule is Cc1nn(CC(=O)Nc2ncn(Cc3cccc(Cl)c3)n2)c(C)c1Br. The first kappa shape index (κ1) is 17.6. The molecular formula is C16H16BrClN6O. The molecule has 3 aromatic rings. The standard InChI is InChI=1S/C16H16BrClN6O/c1-10-15(17)11(2)24(21-10)8-14(25)20-16-19-9-23(22-16)7-12-4-3-5-13(18)6-12/h3-6,9H,7-8H2,1-2H3,(H,20,22,25). The van der Waals surface area contributed by atoms with Crippen molar-refractivity contribution in [1.82, 2.24) is 24.5 Å². The van der Waals surface area contributed by atoms with Gasteiger partial charge < -0.3 is 0 Å². The molecule has 0 spiro atoms. The number of hydrogen-bond donors (Lipinski definition) is 1. The van der Waals surface area contributed by atoms with Crippen molar-refractivity contribution in [3.05, 3.63) is 57.0 Å². The molecular weight excluding hydrogens is 408 g/mol. The van der Waals surface area contributed by atoms with Gasteiger partial charge in [0.2, 0.25) is 11.9 Å². The minimum atomic E-state index is -0.237. The summed E-state index contributed by atoms with van der Waals surface area (Å²) in [5, 5.41) is 11.9. The fourth-order valence-electron chi connectivity index (χ4n) is 2.38. The lowest BCUT2D eigenvalue weighted by Gasteiger charge is -2.04. The van der Waals surface area contributed by atoms with Crippen LogP contribution in [0.25, 0.3) is 0 Å². The van der Waals surface area contributed by atoms with Gasteiger partial charge in [-0.15, -0.1) is 5.10 Å². The normalized spacial score (nSPS) is 10.9. The molecule has 0 unspecified atom stereocenters. The third-order valence-corrected chi connectivity index (χ3v) is 4.99. The summed E-state index contributed by atoms with van der Waals surface area (Å²) in [6.45, 7) is 4.40. The Morgan fingerprint density at radius 3 is 2.80 bits per heavy atom. The second-order valence-corrected chi connectivity index (χ2v) is 6.82. The Labute approximate surface area is 158 Å². The van der Waals surface area contributed by atoms with Crippen molar-refractivity contribution in [3.63, 3.8) is 0 Å². The van der Waals surface area contributed by atoms with E-state index in [1.165, 1.54) is 0 Å². The van der Waals surface area contributed by atoms with Crippen LogP contribution in [0.1, 0.15) is 17.0 Å². The highest BCUT2D eigenvalue weighted by molar-refractivity contribution is 9.10. The summed E-state index contributed by atoms with van der Waals surface area (Å²) >= 11 is 9.42. The van der Waals surface area contributed by atoms with Crippen LogP contribution in [0.3, 0.4) is 0 Å². The first-order chi connectivity index (χ1) is 11.9. The fourth-order valence-corrected chi connectivity index (χ4v) is 2.88. The molecule has 0 fully saturated rings. The van der Waals surface area contributed by atoms with Crippen LogP contribution < -0.4 is 5.32 Å². The van der Waals surface area contributed by atoms with Gasteiger partial charge in [0.05, 0.1) is 22.4 Å². The van der Waals surface area contributed by atoms with E-state index in [-0.39, 0.29) is 18.4 Å². The zero-order valence-electron chi connectivity index (χ0n) is 13.7. The van der Waals surface area contributed by atoms with E-state index in [0.717, 1.165) is 21.4 Å². The van der Waals surface area contributed by atoms with Crippen molar-refractivity contribution in [2.24, 2.45) is 0 Å². The second kappa shape index (κ2) is 7.37. The van der Waals surface area contributed by atoms with E-state index < -0.39 is 0 Å². The molecule has 7 nitrogen and oxygen atoms in total. The van der Waals surface area contributed by atoms with Crippen LogP contribution in [0.15, 0.2) is 35.1 Å². The topological polar surface area (TPSA) is 77.6 Å². The van der Waals surface area contributed by atoms with Crippen LogP contribution in [0, 0.1) is 13.8 Å². The minimum Gasteiger partial charge on any atom is -0.292 e. The van der Waals surface area contributed by atoms with Crippen molar-refractivity contribution in [3.8, 4) is 0 Å². The average molecular weight is 424 g/mol. The molecule has 0 aliphatic rings. The van der Waals surface area contributed by atoms with Gasteiger partial charge in [0.25, 0.3) is 0 Å². The van der Waals surface area contributed by atoms with Crippen LogP contribution in [0.4, 0.5) is 5.95 Å². The highest BCUT2D eigenvalue weighted by Crippen LogP contribution is 2.19. The number of amides is 1. The predicted octanol–water partition coefficient (Wildman–Crippen LogP) is 3.19. The molecule has 1 aromatic carbocycles. The molecule has 0 saturated heterocycles. The van der Waals surface area contributed by atoms with E-state index in [1.807, 2.05) is 38.1 Å². The lowest BCUT2D eigenvalue weighted by atomic mass is 10.2. The fraction of sp³-hybridized carbons (Fsp3) is 0.250. The number of hydrogen-bond acceptors (Lipinski definition) is 4. The quantitative estimate of drug-likeness (QED) is 0.683. The van der Waals surface area contributed by atoms with Crippen LogP contribution in [0.5, 0.6) is 0 Å². The number of benzene rings is 1. The average Bonchev–Trinajstić information content (AvgIpc) is 3.08. The van der Waals surface area contributed by atoms with Crippen molar-refractivity contribution < 1.29 is 4.79 Å². The summed E-state index contributed by atoms with van der Waals surface area (Å²) < 4.78 is 4.18. The number of halogens is 2. The Morgan fingerprint density at radius 1 is 1.32 bits per heavy atom. The summed E-state index contributed by atoms with van der Waals surface area (Å²) in [5.41, 5.74) is 2.74. The van der Waals surface area contributed by atoms with Gasteiger partial charge in [0, 0.05) is 5.02 Å².